The SMILES string of the molecule is CCc1ccc(CC(=O)N(Cc2ccco2)c2nc3c(Cl)cccc3s2)cc1. The average Bonchev–Trinajstić information content (AvgIpc) is 3.37. The van der Waals surface area contributed by atoms with Crippen LogP contribution in [0.2, 0.25) is 5.02 Å². The molecule has 0 aliphatic heterocycles. The molecule has 0 spiro atoms. The highest BCUT2D eigenvalue weighted by atomic mass is 35.5. The number of fused-ring (bicyclic) bond motifs is 1. The summed E-state index contributed by atoms with van der Waals surface area (Å²) in [4.78, 5) is 19.5. The molecule has 0 saturated heterocycles. The molecule has 2 aromatic heterocycles. The zero-order valence-electron chi connectivity index (χ0n) is 15.4. The van der Waals surface area contributed by atoms with E-state index in [-0.39, 0.29) is 5.91 Å². The molecule has 0 unspecified atom stereocenters. The van der Waals surface area contributed by atoms with Gasteiger partial charge in [0, 0.05) is 0 Å². The first kappa shape index (κ1) is 18.7. The number of aryl methyl sites for hydroxylation is 1. The Hall–Kier alpha value is -2.63. The Morgan fingerprint density at radius 2 is 1.89 bits per heavy atom. The molecule has 0 radical (unpaired) electrons. The van der Waals surface area contributed by atoms with Crippen LogP contribution >= 0.6 is 22.9 Å². The molecule has 28 heavy (non-hydrogen) atoms. The number of halogens is 1. The Kier molecular flexibility index (Phi) is 5.46. The molecule has 142 valence electrons. The van der Waals surface area contributed by atoms with Crippen molar-refractivity contribution in [3.05, 3.63) is 82.8 Å². The Bertz CT molecular complexity index is 1090. The number of hydrogen-bond donors (Lipinski definition) is 0. The third kappa shape index (κ3) is 3.96. The highest BCUT2D eigenvalue weighted by molar-refractivity contribution is 7.22. The van der Waals surface area contributed by atoms with Gasteiger partial charge in [-0.3, -0.25) is 9.69 Å². The molecule has 0 N–H and O–H groups in total. The van der Waals surface area contributed by atoms with Gasteiger partial charge in [0.2, 0.25) is 5.91 Å². The summed E-state index contributed by atoms with van der Waals surface area (Å²) in [6.45, 7) is 2.44. The second-order valence-corrected chi connectivity index (χ2v) is 7.91. The van der Waals surface area contributed by atoms with Crippen molar-refractivity contribution in [3.63, 3.8) is 0 Å². The Balaban J connectivity index is 1.65. The van der Waals surface area contributed by atoms with Crippen molar-refractivity contribution in [1.29, 1.82) is 0 Å². The average molecular weight is 411 g/mol. The third-order valence-corrected chi connectivity index (χ3v) is 5.92. The number of nitrogens with zero attached hydrogens (tertiary/aromatic N) is 2. The molecule has 4 nitrogen and oxygen atoms in total. The van der Waals surface area contributed by atoms with Gasteiger partial charge in [0.1, 0.15) is 11.3 Å². The lowest BCUT2D eigenvalue weighted by atomic mass is 10.1. The molecule has 0 aliphatic rings. The zero-order valence-corrected chi connectivity index (χ0v) is 17.0. The number of hydrogen-bond acceptors (Lipinski definition) is 4. The summed E-state index contributed by atoms with van der Waals surface area (Å²) in [5.74, 6) is 0.677. The van der Waals surface area contributed by atoms with Crippen molar-refractivity contribution in [2.75, 3.05) is 4.90 Å². The van der Waals surface area contributed by atoms with Crippen LogP contribution in [0, 0.1) is 0 Å². The van der Waals surface area contributed by atoms with Crippen LogP contribution in [0.4, 0.5) is 5.13 Å². The van der Waals surface area contributed by atoms with E-state index in [9.17, 15) is 4.79 Å². The number of carbonyl (C=O) groups excluding carboxylic acids is 1. The minimum absolute atomic E-state index is 0.0316. The fourth-order valence-corrected chi connectivity index (χ4v) is 4.28. The van der Waals surface area contributed by atoms with Crippen LogP contribution in [0.15, 0.2) is 65.3 Å². The van der Waals surface area contributed by atoms with Gasteiger partial charge in [-0.15, -0.1) is 0 Å². The number of thiazole rings is 1. The Morgan fingerprint density at radius 3 is 2.57 bits per heavy atom. The van der Waals surface area contributed by atoms with Gasteiger partial charge in [0.05, 0.1) is 29.0 Å². The van der Waals surface area contributed by atoms with E-state index in [0.29, 0.717) is 34.4 Å². The molecule has 1 amide bonds. The Labute approximate surface area is 172 Å². The monoisotopic (exact) mass is 410 g/mol. The summed E-state index contributed by atoms with van der Waals surface area (Å²) in [5.41, 5.74) is 2.95. The number of amides is 1. The van der Waals surface area contributed by atoms with Crippen molar-refractivity contribution >= 4 is 44.2 Å². The lowest BCUT2D eigenvalue weighted by Crippen LogP contribution is -2.31. The summed E-state index contributed by atoms with van der Waals surface area (Å²) >= 11 is 7.73. The maximum Gasteiger partial charge on any atom is 0.233 e. The van der Waals surface area contributed by atoms with Gasteiger partial charge in [-0.25, -0.2) is 4.98 Å². The molecule has 2 heterocycles. The van der Waals surface area contributed by atoms with Gasteiger partial charge in [-0.1, -0.05) is 60.2 Å². The van der Waals surface area contributed by atoms with Crippen molar-refractivity contribution in [3.8, 4) is 0 Å². The van der Waals surface area contributed by atoms with Crippen LogP contribution in [0.3, 0.4) is 0 Å². The maximum absolute atomic E-state index is 13.2. The first-order chi connectivity index (χ1) is 13.6. The van der Waals surface area contributed by atoms with E-state index in [1.807, 2.05) is 36.4 Å². The van der Waals surface area contributed by atoms with Gasteiger partial charge < -0.3 is 4.42 Å². The summed E-state index contributed by atoms with van der Waals surface area (Å²) in [7, 11) is 0. The summed E-state index contributed by atoms with van der Waals surface area (Å²) in [5, 5.41) is 1.20. The molecule has 0 aliphatic carbocycles. The van der Waals surface area contributed by atoms with Crippen LogP contribution < -0.4 is 4.90 Å². The van der Waals surface area contributed by atoms with Crippen LogP contribution in [0.1, 0.15) is 23.8 Å². The van der Waals surface area contributed by atoms with Gasteiger partial charge in [0.15, 0.2) is 5.13 Å². The minimum Gasteiger partial charge on any atom is -0.467 e. The maximum atomic E-state index is 13.2. The fraction of sp³-hybridized carbons (Fsp3) is 0.182. The number of aromatic nitrogens is 1. The quantitative estimate of drug-likeness (QED) is 0.398. The van der Waals surface area contributed by atoms with E-state index in [1.165, 1.54) is 16.9 Å². The molecule has 0 bridgehead atoms. The summed E-state index contributed by atoms with van der Waals surface area (Å²) in [6, 6.07) is 17.5. The number of anilines is 1. The number of rotatable bonds is 6. The third-order valence-electron chi connectivity index (χ3n) is 4.57. The molecule has 4 aromatic rings. The molecular weight excluding hydrogens is 392 g/mol. The van der Waals surface area contributed by atoms with E-state index in [4.69, 9.17) is 16.0 Å². The summed E-state index contributed by atoms with van der Waals surface area (Å²) in [6.07, 6.45) is 2.89. The minimum atomic E-state index is -0.0316. The van der Waals surface area contributed by atoms with Crippen molar-refractivity contribution in [1.82, 2.24) is 4.98 Å². The second kappa shape index (κ2) is 8.17. The number of furan rings is 1. The van der Waals surface area contributed by atoms with Crippen LogP contribution in [0.25, 0.3) is 10.2 Å². The van der Waals surface area contributed by atoms with Crippen LogP contribution in [-0.2, 0) is 24.2 Å². The van der Waals surface area contributed by atoms with Gasteiger partial charge >= 0.3 is 0 Å². The van der Waals surface area contributed by atoms with Gasteiger partial charge in [0.25, 0.3) is 0 Å². The van der Waals surface area contributed by atoms with E-state index >= 15 is 0 Å². The smallest absolute Gasteiger partial charge is 0.233 e. The normalized spacial score (nSPS) is 11.1. The van der Waals surface area contributed by atoms with E-state index in [1.54, 1.807) is 17.2 Å². The number of para-hydroxylation sites is 1. The highest BCUT2D eigenvalue weighted by Crippen LogP contribution is 2.33. The van der Waals surface area contributed by atoms with E-state index in [0.717, 1.165) is 16.7 Å². The largest absolute Gasteiger partial charge is 0.467 e. The second-order valence-electron chi connectivity index (χ2n) is 6.49. The van der Waals surface area contributed by atoms with Crippen molar-refractivity contribution in [2.45, 2.75) is 26.3 Å². The predicted molar refractivity (Wildman–Crippen MR) is 114 cm³/mol. The summed E-state index contributed by atoms with van der Waals surface area (Å²) < 4.78 is 6.42. The first-order valence-corrected chi connectivity index (χ1v) is 10.3. The first-order valence-electron chi connectivity index (χ1n) is 9.09. The molecule has 6 heteroatoms. The van der Waals surface area contributed by atoms with E-state index < -0.39 is 0 Å². The molecule has 0 atom stereocenters. The van der Waals surface area contributed by atoms with Crippen LogP contribution in [0.5, 0.6) is 0 Å². The fourth-order valence-electron chi connectivity index (χ4n) is 3.00. The standard InChI is InChI=1S/C22H19ClN2O2S/c1-2-15-8-10-16(11-9-15)13-20(26)25(14-17-5-4-12-27-17)22-24-21-18(23)6-3-7-19(21)28-22/h3-12H,2,13-14H2,1H3. The molecule has 0 fully saturated rings. The highest BCUT2D eigenvalue weighted by Gasteiger charge is 2.22. The lowest BCUT2D eigenvalue weighted by molar-refractivity contribution is -0.118. The topological polar surface area (TPSA) is 46.3 Å². The zero-order chi connectivity index (χ0) is 19.5. The van der Waals surface area contributed by atoms with Crippen molar-refractivity contribution < 1.29 is 9.21 Å². The van der Waals surface area contributed by atoms with Crippen molar-refractivity contribution in [2.24, 2.45) is 0 Å². The van der Waals surface area contributed by atoms with Gasteiger partial charge in [-0.2, -0.15) is 0 Å². The van der Waals surface area contributed by atoms with Gasteiger partial charge in [-0.05, 0) is 41.8 Å². The number of benzene rings is 2. The van der Waals surface area contributed by atoms with E-state index in [2.05, 4.69) is 24.0 Å². The molecule has 2 aromatic carbocycles. The van der Waals surface area contributed by atoms with Crippen LogP contribution in [-0.4, -0.2) is 10.9 Å². The lowest BCUT2D eigenvalue weighted by Gasteiger charge is -2.19. The Morgan fingerprint density at radius 1 is 1.11 bits per heavy atom. The molecule has 4 rings (SSSR count). The number of carbonyl (C=O) groups is 1. The predicted octanol–water partition coefficient (Wildman–Crippen LogP) is 5.88. The molecule has 0 saturated carbocycles. The molecular formula is C22H19ClN2O2S.